The molecule has 20 heavy (non-hydrogen) atoms. The summed E-state index contributed by atoms with van der Waals surface area (Å²) in [6.45, 7) is 4.09. The fraction of sp³-hybridized carbons (Fsp3) is 0.706. The Kier molecular flexibility index (Phi) is 4.25. The molecule has 0 saturated heterocycles. The summed E-state index contributed by atoms with van der Waals surface area (Å²) in [5, 5.41) is 0. The topological polar surface area (TPSA) is 42.2 Å². The molecule has 2 aliphatic carbocycles. The quantitative estimate of drug-likeness (QED) is 0.917. The molecular formula is C17H27N3. The third-order valence-electron chi connectivity index (χ3n) is 5.12. The monoisotopic (exact) mass is 273 g/mol. The van der Waals surface area contributed by atoms with Gasteiger partial charge in [-0.2, -0.15) is 0 Å². The van der Waals surface area contributed by atoms with Gasteiger partial charge in [0.2, 0.25) is 0 Å². The lowest BCUT2D eigenvalue weighted by Gasteiger charge is -2.40. The number of aromatic nitrogens is 1. The average molecular weight is 273 g/mol. The van der Waals surface area contributed by atoms with Crippen LogP contribution in [0.25, 0.3) is 0 Å². The Hall–Kier alpha value is -1.09. The van der Waals surface area contributed by atoms with Crippen molar-refractivity contribution in [3.05, 3.63) is 23.4 Å². The molecule has 1 aromatic rings. The highest BCUT2D eigenvalue weighted by atomic mass is 15.2. The van der Waals surface area contributed by atoms with Crippen LogP contribution in [0.15, 0.2) is 12.1 Å². The lowest BCUT2D eigenvalue weighted by molar-refractivity contribution is 0.299. The molecule has 3 heteroatoms. The molecule has 2 aliphatic rings. The summed E-state index contributed by atoms with van der Waals surface area (Å²) in [6, 6.07) is 5.12. The van der Waals surface area contributed by atoms with Crippen LogP contribution >= 0.6 is 0 Å². The van der Waals surface area contributed by atoms with Crippen molar-refractivity contribution in [2.24, 2.45) is 11.7 Å². The standard InChI is InChI=1S/C17H27N3/c1-2-20(16-9-4-3-6-14(16)12-18)17-11-10-13-7-5-8-15(13)19-17/h10-11,14,16H,2-9,12,18H2,1H3. The number of rotatable bonds is 4. The van der Waals surface area contributed by atoms with Crippen LogP contribution in [0.4, 0.5) is 5.82 Å². The molecule has 2 N–H and O–H groups in total. The van der Waals surface area contributed by atoms with E-state index in [9.17, 15) is 0 Å². The molecule has 1 aromatic heterocycles. The summed E-state index contributed by atoms with van der Waals surface area (Å²) >= 11 is 0. The molecular weight excluding hydrogens is 246 g/mol. The maximum absolute atomic E-state index is 6.01. The van der Waals surface area contributed by atoms with Crippen molar-refractivity contribution < 1.29 is 0 Å². The molecule has 0 radical (unpaired) electrons. The second-order valence-corrected chi connectivity index (χ2v) is 6.26. The van der Waals surface area contributed by atoms with Crippen LogP contribution in [0.3, 0.4) is 0 Å². The Morgan fingerprint density at radius 2 is 2.05 bits per heavy atom. The Labute approximate surface area is 122 Å². The fourth-order valence-electron chi connectivity index (χ4n) is 4.01. The molecule has 2 atom stereocenters. The van der Waals surface area contributed by atoms with E-state index in [-0.39, 0.29) is 0 Å². The van der Waals surface area contributed by atoms with Crippen LogP contribution in [0, 0.1) is 5.92 Å². The minimum absolute atomic E-state index is 0.589. The number of nitrogens with zero attached hydrogens (tertiary/aromatic N) is 2. The zero-order valence-corrected chi connectivity index (χ0v) is 12.6. The number of hydrogen-bond donors (Lipinski definition) is 1. The van der Waals surface area contributed by atoms with Gasteiger partial charge in [0.05, 0.1) is 0 Å². The number of hydrogen-bond acceptors (Lipinski definition) is 3. The summed E-state index contributed by atoms with van der Waals surface area (Å²) in [7, 11) is 0. The van der Waals surface area contributed by atoms with Gasteiger partial charge in [-0.05, 0) is 63.1 Å². The van der Waals surface area contributed by atoms with Gasteiger partial charge in [0.15, 0.2) is 0 Å². The van der Waals surface area contributed by atoms with Crippen molar-refractivity contribution in [1.29, 1.82) is 0 Å². The molecule has 1 saturated carbocycles. The molecule has 0 bridgehead atoms. The maximum atomic E-state index is 6.01. The van der Waals surface area contributed by atoms with Crippen molar-refractivity contribution in [2.45, 2.75) is 57.9 Å². The zero-order valence-electron chi connectivity index (χ0n) is 12.6. The van der Waals surface area contributed by atoms with Crippen LogP contribution in [0.2, 0.25) is 0 Å². The number of fused-ring (bicyclic) bond motifs is 1. The number of aryl methyl sites for hydroxylation is 2. The maximum Gasteiger partial charge on any atom is 0.129 e. The van der Waals surface area contributed by atoms with Crippen LogP contribution < -0.4 is 10.6 Å². The van der Waals surface area contributed by atoms with Gasteiger partial charge in [0, 0.05) is 18.3 Å². The van der Waals surface area contributed by atoms with Gasteiger partial charge >= 0.3 is 0 Å². The molecule has 1 fully saturated rings. The first-order valence-corrected chi connectivity index (χ1v) is 8.29. The molecule has 1 heterocycles. The van der Waals surface area contributed by atoms with Crippen LogP contribution in [-0.4, -0.2) is 24.1 Å². The fourth-order valence-corrected chi connectivity index (χ4v) is 4.01. The van der Waals surface area contributed by atoms with E-state index in [1.165, 1.54) is 55.6 Å². The number of nitrogens with two attached hydrogens (primary N) is 1. The second-order valence-electron chi connectivity index (χ2n) is 6.26. The molecule has 0 aliphatic heterocycles. The van der Waals surface area contributed by atoms with Crippen LogP contribution in [0.5, 0.6) is 0 Å². The Balaban J connectivity index is 1.85. The minimum atomic E-state index is 0.589. The largest absolute Gasteiger partial charge is 0.354 e. The van der Waals surface area contributed by atoms with Gasteiger partial charge < -0.3 is 10.6 Å². The van der Waals surface area contributed by atoms with Gasteiger partial charge in [-0.1, -0.05) is 18.9 Å². The molecule has 110 valence electrons. The summed E-state index contributed by atoms with van der Waals surface area (Å²) in [5.41, 5.74) is 8.80. The van der Waals surface area contributed by atoms with Crippen LogP contribution in [-0.2, 0) is 12.8 Å². The smallest absolute Gasteiger partial charge is 0.129 e. The van der Waals surface area contributed by atoms with Crippen molar-refractivity contribution in [3.8, 4) is 0 Å². The van der Waals surface area contributed by atoms with E-state index in [4.69, 9.17) is 10.7 Å². The Morgan fingerprint density at radius 1 is 1.20 bits per heavy atom. The third-order valence-corrected chi connectivity index (χ3v) is 5.12. The zero-order chi connectivity index (χ0) is 13.9. The average Bonchev–Trinajstić information content (AvgIpc) is 2.96. The Bertz CT molecular complexity index is 458. The lowest BCUT2D eigenvalue weighted by Crippen LogP contribution is -2.45. The van der Waals surface area contributed by atoms with Gasteiger partial charge in [0.1, 0.15) is 5.82 Å². The first kappa shape index (κ1) is 13.9. The molecule has 3 rings (SSSR count). The highest BCUT2D eigenvalue weighted by Gasteiger charge is 2.29. The summed E-state index contributed by atoms with van der Waals surface area (Å²) in [6.07, 6.45) is 8.87. The summed E-state index contributed by atoms with van der Waals surface area (Å²) in [5.74, 6) is 1.82. The van der Waals surface area contributed by atoms with E-state index < -0.39 is 0 Å². The van der Waals surface area contributed by atoms with Gasteiger partial charge in [-0.25, -0.2) is 4.98 Å². The second kappa shape index (κ2) is 6.13. The molecule has 3 nitrogen and oxygen atoms in total. The molecule has 2 unspecified atom stereocenters. The van der Waals surface area contributed by atoms with E-state index in [1.807, 2.05) is 0 Å². The highest BCUT2D eigenvalue weighted by molar-refractivity contribution is 5.44. The predicted molar refractivity (Wildman–Crippen MR) is 84.1 cm³/mol. The van der Waals surface area contributed by atoms with E-state index >= 15 is 0 Å². The third kappa shape index (κ3) is 2.56. The highest BCUT2D eigenvalue weighted by Crippen LogP contribution is 2.31. The molecule has 0 spiro atoms. The van der Waals surface area contributed by atoms with Crippen molar-refractivity contribution in [3.63, 3.8) is 0 Å². The Morgan fingerprint density at radius 3 is 2.85 bits per heavy atom. The van der Waals surface area contributed by atoms with E-state index in [2.05, 4.69) is 24.0 Å². The van der Waals surface area contributed by atoms with Gasteiger partial charge in [-0.3, -0.25) is 0 Å². The first-order chi connectivity index (χ1) is 9.83. The number of pyridine rings is 1. The predicted octanol–water partition coefficient (Wildman–Crippen LogP) is 2.91. The summed E-state index contributed by atoms with van der Waals surface area (Å²) < 4.78 is 0. The SMILES string of the molecule is CCN(c1ccc2c(n1)CCC2)C1CCCCC1CN. The van der Waals surface area contributed by atoms with E-state index in [0.717, 1.165) is 19.5 Å². The van der Waals surface area contributed by atoms with E-state index in [0.29, 0.717) is 12.0 Å². The molecule has 0 amide bonds. The van der Waals surface area contributed by atoms with Crippen molar-refractivity contribution in [2.75, 3.05) is 18.0 Å². The van der Waals surface area contributed by atoms with Crippen molar-refractivity contribution in [1.82, 2.24) is 4.98 Å². The van der Waals surface area contributed by atoms with E-state index in [1.54, 1.807) is 0 Å². The minimum Gasteiger partial charge on any atom is -0.354 e. The normalized spacial score (nSPS) is 25.5. The van der Waals surface area contributed by atoms with Gasteiger partial charge in [0.25, 0.3) is 0 Å². The first-order valence-electron chi connectivity index (χ1n) is 8.29. The van der Waals surface area contributed by atoms with Crippen LogP contribution in [0.1, 0.15) is 50.3 Å². The van der Waals surface area contributed by atoms with Crippen molar-refractivity contribution >= 4 is 5.82 Å². The number of anilines is 1. The molecule has 0 aromatic carbocycles. The summed E-state index contributed by atoms with van der Waals surface area (Å²) in [4.78, 5) is 7.46. The van der Waals surface area contributed by atoms with Gasteiger partial charge in [-0.15, -0.1) is 0 Å². The lowest BCUT2D eigenvalue weighted by atomic mass is 9.83.